The lowest BCUT2D eigenvalue weighted by atomic mass is 9.87. The number of benzene rings is 2. The number of aromatic nitrogens is 1. The Morgan fingerprint density at radius 3 is 2.74 bits per heavy atom. The summed E-state index contributed by atoms with van der Waals surface area (Å²) in [6, 6.07) is 14.1. The molecular formula is C32H40N4O3. The van der Waals surface area contributed by atoms with Crippen molar-refractivity contribution in [3.63, 3.8) is 0 Å². The molecular weight excluding hydrogens is 488 g/mol. The molecule has 0 unspecified atom stereocenters. The zero-order chi connectivity index (χ0) is 27.6. The van der Waals surface area contributed by atoms with E-state index in [1.165, 1.54) is 5.56 Å². The quantitative estimate of drug-likeness (QED) is 0.425. The molecule has 0 saturated heterocycles. The number of amides is 3. The van der Waals surface area contributed by atoms with Crippen molar-refractivity contribution in [3.8, 4) is 16.9 Å². The molecule has 5 rings (SSSR count). The third kappa shape index (κ3) is 5.82. The highest BCUT2D eigenvalue weighted by atomic mass is 16.5. The second-order valence-electron chi connectivity index (χ2n) is 11.2. The minimum absolute atomic E-state index is 0. The van der Waals surface area contributed by atoms with Crippen LogP contribution in [0.3, 0.4) is 0 Å². The molecule has 1 aromatic heterocycles. The van der Waals surface area contributed by atoms with Gasteiger partial charge >= 0.3 is 6.03 Å². The fourth-order valence-electron chi connectivity index (χ4n) is 5.34. The van der Waals surface area contributed by atoms with Crippen LogP contribution in [-0.4, -0.2) is 41.0 Å². The highest BCUT2D eigenvalue weighted by Gasteiger charge is 2.27. The predicted octanol–water partition coefficient (Wildman–Crippen LogP) is 6.00. The second-order valence-corrected chi connectivity index (χ2v) is 11.2. The number of nitrogens with one attached hydrogen (secondary N) is 2. The number of nitrogens with zero attached hydrogens (tertiary/aromatic N) is 2. The van der Waals surface area contributed by atoms with E-state index in [1.54, 1.807) is 13.3 Å². The van der Waals surface area contributed by atoms with Crippen LogP contribution in [0.2, 0.25) is 0 Å². The summed E-state index contributed by atoms with van der Waals surface area (Å²) < 4.78 is 5.47. The SMILES string of the molecule is COc1cccc(-c2ccc(CNC(=O)c3nccc4c3C=CCC4)c3c2CCN(C(=O)NC(C)(C)C)C3)c1.[HH].[HH]. The van der Waals surface area contributed by atoms with E-state index in [1.807, 2.05) is 56.0 Å². The van der Waals surface area contributed by atoms with Gasteiger partial charge in [0.15, 0.2) is 0 Å². The number of allylic oxidation sites excluding steroid dienone is 1. The fraction of sp³-hybridized carbons (Fsp3) is 0.344. The van der Waals surface area contributed by atoms with Crippen LogP contribution in [0, 0.1) is 0 Å². The number of ether oxygens (including phenoxy) is 1. The minimum atomic E-state index is -0.327. The Kier molecular flexibility index (Phi) is 7.42. The summed E-state index contributed by atoms with van der Waals surface area (Å²) in [7, 11) is 1.67. The molecule has 0 fully saturated rings. The van der Waals surface area contributed by atoms with Crippen LogP contribution < -0.4 is 15.4 Å². The van der Waals surface area contributed by atoms with Crippen LogP contribution in [0.25, 0.3) is 17.2 Å². The molecule has 7 heteroatoms. The number of fused-ring (bicyclic) bond motifs is 2. The number of methoxy groups -OCH3 is 1. The Bertz CT molecular complexity index is 1450. The molecule has 0 saturated carbocycles. The van der Waals surface area contributed by atoms with Crippen molar-refractivity contribution in [1.82, 2.24) is 20.5 Å². The summed E-state index contributed by atoms with van der Waals surface area (Å²) in [5.41, 5.74) is 7.66. The van der Waals surface area contributed by atoms with Crippen molar-refractivity contribution in [1.29, 1.82) is 0 Å². The summed E-state index contributed by atoms with van der Waals surface area (Å²) in [6.45, 7) is 7.39. The summed E-state index contributed by atoms with van der Waals surface area (Å²) in [6.07, 6.45) is 8.41. The van der Waals surface area contributed by atoms with E-state index in [9.17, 15) is 9.59 Å². The highest BCUT2D eigenvalue weighted by Crippen LogP contribution is 2.34. The van der Waals surface area contributed by atoms with Crippen molar-refractivity contribution in [2.75, 3.05) is 13.7 Å². The average Bonchev–Trinajstić information content (AvgIpc) is 2.94. The van der Waals surface area contributed by atoms with Gasteiger partial charge < -0.3 is 20.3 Å². The zero-order valence-electron chi connectivity index (χ0n) is 23.1. The molecule has 3 amide bonds. The molecule has 0 spiro atoms. The molecule has 2 N–H and O–H groups in total. The number of carbonyl (C=O) groups excluding carboxylic acids is 2. The zero-order valence-corrected chi connectivity index (χ0v) is 23.1. The summed E-state index contributed by atoms with van der Waals surface area (Å²) in [5.74, 6) is 0.606. The van der Waals surface area contributed by atoms with Gasteiger partial charge in [-0.25, -0.2) is 4.79 Å². The second kappa shape index (κ2) is 10.9. The molecule has 206 valence electrons. The molecule has 7 nitrogen and oxygen atoms in total. The van der Waals surface area contributed by atoms with E-state index in [0.29, 0.717) is 25.3 Å². The van der Waals surface area contributed by atoms with E-state index in [4.69, 9.17) is 4.74 Å². The van der Waals surface area contributed by atoms with Gasteiger partial charge in [-0.1, -0.05) is 36.4 Å². The summed E-state index contributed by atoms with van der Waals surface area (Å²) in [4.78, 5) is 32.6. The van der Waals surface area contributed by atoms with Crippen molar-refractivity contribution in [3.05, 3.63) is 88.2 Å². The van der Waals surface area contributed by atoms with Crippen LogP contribution in [0.5, 0.6) is 5.75 Å². The van der Waals surface area contributed by atoms with Crippen LogP contribution in [-0.2, 0) is 25.9 Å². The third-order valence-electron chi connectivity index (χ3n) is 7.26. The molecule has 1 aliphatic heterocycles. The van der Waals surface area contributed by atoms with Gasteiger partial charge in [-0.2, -0.15) is 0 Å². The molecule has 3 aromatic rings. The van der Waals surface area contributed by atoms with Gasteiger partial charge in [0.2, 0.25) is 0 Å². The van der Waals surface area contributed by atoms with Gasteiger partial charge in [0, 0.05) is 39.8 Å². The molecule has 0 bridgehead atoms. The largest absolute Gasteiger partial charge is 0.497 e. The van der Waals surface area contributed by atoms with E-state index in [2.05, 4.69) is 39.9 Å². The van der Waals surface area contributed by atoms with Gasteiger partial charge in [0.05, 0.1) is 7.11 Å². The number of hydrogen-bond acceptors (Lipinski definition) is 4. The molecule has 1 aliphatic carbocycles. The monoisotopic (exact) mass is 528 g/mol. The van der Waals surface area contributed by atoms with Gasteiger partial charge in [-0.15, -0.1) is 0 Å². The van der Waals surface area contributed by atoms with Crippen molar-refractivity contribution < 1.29 is 17.2 Å². The first-order valence-electron chi connectivity index (χ1n) is 13.5. The third-order valence-corrected chi connectivity index (χ3v) is 7.26. The van der Waals surface area contributed by atoms with Crippen LogP contribution in [0.4, 0.5) is 4.79 Å². The van der Waals surface area contributed by atoms with E-state index >= 15 is 0 Å². The van der Waals surface area contributed by atoms with Crippen LogP contribution in [0.15, 0.2) is 54.7 Å². The van der Waals surface area contributed by atoms with Crippen LogP contribution >= 0.6 is 0 Å². The Labute approximate surface area is 233 Å². The van der Waals surface area contributed by atoms with Crippen LogP contribution in [0.1, 0.15) is 68.4 Å². The summed E-state index contributed by atoms with van der Waals surface area (Å²) in [5, 5.41) is 6.19. The Morgan fingerprint density at radius 2 is 1.95 bits per heavy atom. The molecule has 2 heterocycles. The number of urea groups is 1. The molecule has 0 atom stereocenters. The first-order chi connectivity index (χ1) is 18.7. The Hall–Kier alpha value is -4.13. The number of aryl methyl sites for hydroxylation is 1. The minimum Gasteiger partial charge on any atom is -0.497 e. The fourth-order valence-corrected chi connectivity index (χ4v) is 5.34. The van der Waals surface area contributed by atoms with Crippen molar-refractivity contribution >= 4 is 18.0 Å². The van der Waals surface area contributed by atoms with E-state index < -0.39 is 0 Å². The number of pyridine rings is 1. The first-order valence-corrected chi connectivity index (χ1v) is 13.5. The van der Waals surface area contributed by atoms with Crippen molar-refractivity contribution in [2.24, 2.45) is 0 Å². The number of carbonyl (C=O) groups is 2. The smallest absolute Gasteiger partial charge is 0.318 e. The van der Waals surface area contributed by atoms with Gasteiger partial charge in [0.25, 0.3) is 5.91 Å². The first kappa shape index (κ1) is 26.5. The maximum absolute atomic E-state index is 13.3. The maximum Gasteiger partial charge on any atom is 0.318 e. The predicted molar refractivity (Wildman–Crippen MR) is 158 cm³/mol. The topological polar surface area (TPSA) is 83.6 Å². The lowest BCUT2D eigenvalue weighted by molar-refractivity contribution is 0.0945. The van der Waals surface area contributed by atoms with Gasteiger partial charge in [0.1, 0.15) is 11.4 Å². The molecule has 2 aliphatic rings. The summed E-state index contributed by atoms with van der Waals surface area (Å²) >= 11 is 0. The standard InChI is InChI=1S/C32H36N4O3.2H2/c1-32(2,3)35-31(38)36-17-15-27-25(22-9-7-10-24(18-22)39-4)13-12-23(28(27)20-36)19-34-30(37)29-26-11-6-5-8-21(26)14-16-33-29;;/h6-7,9-14,16,18H,5,8,15,17,19-20H2,1-4H3,(H,34,37)(H,35,38);2*1H. The normalized spacial score (nSPS) is 14.3. The molecule has 39 heavy (non-hydrogen) atoms. The van der Waals surface area contributed by atoms with Gasteiger partial charge in [-0.3, -0.25) is 9.78 Å². The van der Waals surface area contributed by atoms with Crippen molar-refractivity contribution in [2.45, 2.75) is 58.7 Å². The van der Waals surface area contributed by atoms with E-state index in [-0.39, 0.29) is 20.3 Å². The molecule has 0 radical (unpaired) electrons. The Morgan fingerprint density at radius 1 is 1.10 bits per heavy atom. The molecule has 2 aromatic carbocycles. The highest BCUT2D eigenvalue weighted by molar-refractivity contribution is 5.96. The average molecular weight is 529 g/mol. The number of rotatable bonds is 5. The number of hydrogen-bond donors (Lipinski definition) is 2. The van der Waals surface area contributed by atoms with Gasteiger partial charge in [-0.05, 0) is 91.6 Å². The lowest BCUT2D eigenvalue weighted by Crippen LogP contribution is -2.50. The lowest BCUT2D eigenvalue weighted by Gasteiger charge is -2.34. The Balaban J connectivity index is 0.00000231. The van der Waals surface area contributed by atoms with E-state index in [0.717, 1.165) is 58.4 Å². The maximum atomic E-state index is 13.3.